The van der Waals surface area contributed by atoms with Crippen molar-refractivity contribution in [2.45, 2.75) is 32.4 Å². The van der Waals surface area contributed by atoms with Crippen molar-refractivity contribution >= 4 is 16.9 Å². The van der Waals surface area contributed by atoms with Crippen molar-refractivity contribution in [3.8, 4) is 0 Å². The first-order chi connectivity index (χ1) is 13.7. The largest absolute Gasteiger partial charge is 0.460 e. The molecule has 1 aliphatic carbocycles. The molecule has 1 spiro atoms. The van der Waals surface area contributed by atoms with Gasteiger partial charge >= 0.3 is 0 Å². The van der Waals surface area contributed by atoms with Gasteiger partial charge in [0.25, 0.3) is 0 Å². The Labute approximate surface area is 164 Å². The SMILES string of the molecule is O=C(NCc1ccncc1)C1CC12CCN(Cc1cc3ccccc3o1)CC2. The fraction of sp³-hybridized carbons (Fsp3) is 0.391. The highest BCUT2D eigenvalue weighted by atomic mass is 16.3. The highest BCUT2D eigenvalue weighted by Crippen LogP contribution is 2.59. The second kappa shape index (κ2) is 7.06. The summed E-state index contributed by atoms with van der Waals surface area (Å²) in [6, 6.07) is 14.2. The molecule has 1 saturated heterocycles. The van der Waals surface area contributed by atoms with Gasteiger partial charge in [0.15, 0.2) is 0 Å². The van der Waals surface area contributed by atoms with Crippen molar-refractivity contribution in [1.29, 1.82) is 0 Å². The van der Waals surface area contributed by atoms with Crippen LogP contribution in [0.15, 0.2) is 59.3 Å². The van der Waals surface area contributed by atoms with Crippen LogP contribution in [0.25, 0.3) is 11.0 Å². The molecule has 1 unspecified atom stereocenters. The van der Waals surface area contributed by atoms with E-state index in [1.165, 1.54) is 5.39 Å². The molecule has 5 nitrogen and oxygen atoms in total. The summed E-state index contributed by atoms with van der Waals surface area (Å²) in [6.07, 6.45) is 6.75. The van der Waals surface area contributed by atoms with Crippen LogP contribution < -0.4 is 5.32 Å². The van der Waals surface area contributed by atoms with Gasteiger partial charge in [0.1, 0.15) is 11.3 Å². The minimum absolute atomic E-state index is 0.183. The smallest absolute Gasteiger partial charge is 0.223 e. The zero-order chi connectivity index (χ0) is 19.0. The average Bonchev–Trinajstić information content (AvgIpc) is 3.27. The molecule has 28 heavy (non-hydrogen) atoms. The van der Waals surface area contributed by atoms with Crippen LogP contribution in [0.1, 0.15) is 30.6 Å². The van der Waals surface area contributed by atoms with Crippen LogP contribution in [0.3, 0.4) is 0 Å². The van der Waals surface area contributed by atoms with Gasteiger partial charge in [-0.15, -0.1) is 0 Å². The minimum Gasteiger partial charge on any atom is -0.460 e. The van der Waals surface area contributed by atoms with Crippen LogP contribution in [0, 0.1) is 11.3 Å². The van der Waals surface area contributed by atoms with Crippen molar-refractivity contribution in [2.24, 2.45) is 11.3 Å². The lowest BCUT2D eigenvalue weighted by Crippen LogP contribution is -2.36. The van der Waals surface area contributed by atoms with Gasteiger partial charge in [0, 0.05) is 30.2 Å². The average molecular weight is 375 g/mol. The molecule has 1 saturated carbocycles. The Hall–Kier alpha value is -2.66. The highest BCUT2D eigenvalue weighted by Gasteiger charge is 2.58. The number of piperidine rings is 1. The van der Waals surface area contributed by atoms with Crippen LogP contribution in [-0.2, 0) is 17.9 Å². The first-order valence-electron chi connectivity index (χ1n) is 10.1. The van der Waals surface area contributed by atoms with Gasteiger partial charge in [0.2, 0.25) is 5.91 Å². The molecule has 2 aliphatic rings. The van der Waals surface area contributed by atoms with E-state index in [4.69, 9.17) is 4.42 Å². The number of para-hydroxylation sites is 1. The number of aromatic nitrogens is 1. The number of nitrogens with zero attached hydrogens (tertiary/aromatic N) is 2. The second-order valence-corrected chi connectivity index (χ2v) is 8.22. The number of hydrogen-bond donors (Lipinski definition) is 1. The normalized spacial score (nSPS) is 21.1. The third-order valence-corrected chi connectivity index (χ3v) is 6.43. The van der Waals surface area contributed by atoms with Gasteiger partial charge in [-0.2, -0.15) is 0 Å². The Bertz CT molecular complexity index is 941. The number of hydrogen-bond acceptors (Lipinski definition) is 4. The maximum atomic E-state index is 12.6. The Kier molecular flexibility index (Phi) is 4.40. The van der Waals surface area contributed by atoms with Gasteiger partial charge in [-0.1, -0.05) is 18.2 Å². The van der Waals surface area contributed by atoms with Crippen molar-refractivity contribution in [3.63, 3.8) is 0 Å². The maximum Gasteiger partial charge on any atom is 0.223 e. The number of carbonyl (C=O) groups is 1. The van der Waals surface area contributed by atoms with Crippen molar-refractivity contribution in [3.05, 3.63) is 66.2 Å². The molecule has 1 aromatic carbocycles. The number of furan rings is 1. The Balaban J connectivity index is 1.12. The third-order valence-electron chi connectivity index (χ3n) is 6.43. The molecular formula is C23H25N3O2. The summed E-state index contributed by atoms with van der Waals surface area (Å²) in [5, 5.41) is 4.27. The van der Waals surface area contributed by atoms with Gasteiger partial charge in [-0.05, 0) is 67.6 Å². The fourth-order valence-corrected chi connectivity index (χ4v) is 4.58. The van der Waals surface area contributed by atoms with Crippen molar-refractivity contribution in [2.75, 3.05) is 13.1 Å². The van der Waals surface area contributed by atoms with E-state index >= 15 is 0 Å². The molecule has 0 bridgehead atoms. The lowest BCUT2D eigenvalue weighted by Gasteiger charge is -2.32. The highest BCUT2D eigenvalue weighted by molar-refractivity contribution is 5.82. The zero-order valence-corrected chi connectivity index (χ0v) is 15.9. The van der Waals surface area contributed by atoms with Crippen LogP contribution in [0.2, 0.25) is 0 Å². The number of likely N-dealkylation sites (tertiary alicyclic amines) is 1. The van der Waals surface area contributed by atoms with E-state index in [1.54, 1.807) is 12.4 Å². The van der Waals surface area contributed by atoms with E-state index in [1.807, 2.05) is 30.3 Å². The van der Waals surface area contributed by atoms with Crippen molar-refractivity contribution in [1.82, 2.24) is 15.2 Å². The molecule has 2 aromatic heterocycles. The van der Waals surface area contributed by atoms with E-state index < -0.39 is 0 Å². The van der Waals surface area contributed by atoms with E-state index in [2.05, 4.69) is 27.3 Å². The van der Waals surface area contributed by atoms with Crippen molar-refractivity contribution < 1.29 is 9.21 Å². The quantitative estimate of drug-likeness (QED) is 0.738. The fourth-order valence-electron chi connectivity index (χ4n) is 4.58. The number of rotatable bonds is 5. The van der Waals surface area contributed by atoms with Gasteiger partial charge < -0.3 is 9.73 Å². The molecule has 1 amide bonds. The Morgan fingerprint density at radius 2 is 1.96 bits per heavy atom. The van der Waals surface area contributed by atoms with Gasteiger partial charge in [-0.25, -0.2) is 0 Å². The summed E-state index contributed by atoms with van der Waals surface area (Å²) in [5.41, 5.74) is 2.28. The lowest BCUT2D eigenvalue weighted by atomic mass is 9.90. The molecule has 5 heteroatoms. The number of carbonyl (C=O) groups excluding carboxylic acids is 1. The van der Waals surface area contributed by atoms with Crippen LogP contribution >= 0.6 is 0 Å². The van der Waals surface area contributed by atoms with Crippen LogP contribution in [-0.4, -0.2) is 28.9 Å². The molecule has 144 valence electrons. The topological polar surface area (TPSA) is 58.4 Å². The predicted molar refractivity (Wildman–Crippen MR) is 107 cm³/mol. The predicted octanol–water partition coefficient (Wildman–Crippen LogP) is 3.75. The summed E-state index contributed by atoms with van der Waals surface area (Å²) in [4.78, 5) is 19.0. The summed E-state index contributed by atoms with van der Waals surface area (Å²) in [5.74, 6) is 1.42. The first-order valence-corrected chi connectivity index (χ1v) is 10.1. The summed E-state index contributed by atoms with van der Waals surface area (Å²) in [7, 11) is 0. The first kappa shape index (κ1) is 17.4. The maximum absolute atomic E-state index is 12.6. The van der Waals surface area contributed by atoms with E-state index in [0.717, 1.165) is 55.8 Å². The molecule has 2 fully saturated rings. The molecule has 3 heterocycles. The monoisotopic (exact) mass is 375 g/mol. The third kappa shape index (κ3) is 3.42. The number of amides is 1. The lowest BCUT2D eigenvalue weighted by molar-refractivity contribution is -0.123. The van der Waals surface area contributed by atoms with E-state index in [9.17, 15) is 4.79 Å². The number of fused-ring (bicyclic) bond motifs is 1. The zero-order valence-electron chi connectivity index (χ0n) is 15.9. The summed E-state index contributed by atoms with van der Waals surface area (Å²) in [6.45, 7) is 3.51. The molecule has 0 radical (unpaired) electrons. The summed E-state index contributed by atoms with van der Waals surface area (Å²) >= 11 is 0. The Morgan fingerprint density at radius 3 is 2.75 bits per heavy atom. The Morgan fingerprint density at radius 1 is 1.18 bits per heavy atom. The number of nitrogens with one attached hydrogen (secondary N) is 1. The second-order valence-electron chi connectivity index (χ2n) is 8.22. The minimum atomic E-state index is 0.183. The molecule has 1 atom stereocenters. The molecule has 5 rings (SSSR count). The van der Waals surface area contributed by atoms with Gasteiger partial charge in [-0.3, -0.25) is 14.7 Å². The van der Waals surface area contributed by atoms with Crippen LogP contribution in [0.5, 0.6) is 0 Å². The molecule has 1 aliphatic heterocycles. The van der Waals surface area contributed by atoms with E-state index in [0.29, 0.717) is 6.54 Å². The molecular weight excluding hydrogens is 350 g/mol. The standard InChI is InChI=1S/C23H25N3O2/c27-22(25-15-17-5-9-24-10-6-17)20-14-23(20)7-11-26(12-8-23)16-19-13-18-3-1-2-4-21(18)28-19/h1-6,9-10,13,20H,7-8,11-12,14-16H2,(H,25,27). The van der Waals surface area contributed by atoms with Gasteiger partial charge in [0.05, 0.1) is 6.54 Å². The van der Waals surface area contributed by atoms with Crippen LogP contribution in [0.4, 0.5) is 0 Å². The number of pyridine rings is 1. The number of benzene rings is 1. The molecule has 3 aromatic rings. The van der Waals surface area contributed by atoms with E-state index in [-0.39, 0.29) is 17.2 Å². The molecule has 1 N–H and O–H groups in total. The summed E-state index contributed by atoms with van der Waals surface area (Å²) < 4.78 is 5.96.